The molecule has 0 saturated carbocycles. The largest absolute Gasteiger partial charge is 0.392 e. The normalized spacial score (nSPS) is 10.9. The predicted molar refractivity (Wildman–Crippen MR) is 131 cm³/mol. The summed E-state index contributed by atoms with van der Waals surface area (Å²) in [6.45, 7) is 4.28. The molecule has 0 aliphatic carbocycles. The number of halogens is 1. The van der Waals surface area contributed by atoms with Crippen LogP contribution < -0.4 is 10.2 Å². The van der Waals surface area contributed by atoms with Crippen LogP contribution >= 0.6 is 12.2 Å². The highest BCUT2D eigenvalue weighted by Crippen LogP contribution is 2.25. The van der Waals surface area contributed by atoms with Crippen LogP contribution in [0.15, 0.2) is 72.8 Å². The number of nitrogens with one attached hydrogen (secondary N) is 1. The first-order chi connectivity index (χ1) is 15.4. The molecule has 6 heteroatoms. The SMILES string of the molecule is Cc1ccc(C)c(N(Cc2ccccc2CO)C(=S)NC(=O)/C=C/c2ccc(F)cc2)c1. The number of hydrogen-bond acceptors (Lipinski definition) is 3. The van der Waals surface area contributed by atoms with Crippen molar-refractivity contribution in [2.45, 2.75) is 27.0 Å². The second-order valence-electron chi connectivity index (χ2n) is 7.48. The van der Waals surface area contributed by atoms with E-state index in [0.717, 1.165) is 27.9 Å². The molecule has 32 heavy (non-hydrogen) atoms. The number of carbonyl (C=O) groups is 1. The third-order valence-corrected chi connectivity index (χ3v) is 5.37. The number of amides is 1. The maximum absolute atomic E-state index is 13.1. The Balaban J connectivity index is 1.85. The van der Waals surface area contributed by atoms with Gasteiger partial charge in [0.25, 0.3) is 0 Å². The summed E-state index contributed by atoms with van der Waals surface area (Å²) in [4.78, 5) is 14.4. The van der Waals surface area contributed by atoms with Crippen molar-refractivity contribution in [3.05, 3.63) is 106 Å². The average Bonchev–Trinajstić information content (AvgIpc) is 2.79. The number of benzene rings is 3. The molecular weight excluding hydrogens is 423 g/mol. The third-order valence-electron chi connectivity index (χ3n) is 5.05. The Bertz CT molecular complexity index is 1140. The number of aliphatic hydroxyl groups excluding tert-OH is 1. The van der Waals surface area contributed by atoms with Gasteiger partial charge in [-0.1, -0.05) is 48.5 Å². The van der Waals surface area contributed by atoms with E-state index in [4.69, 9.17) is 12.2 Å². The summed E-state index contributed by atoms with van der Waals surface area (Å²) in [6.07, 6.45) is 2.96. The fourth-order valence-electron chi connectivity index (χ4n) is 3.27. The van der Waals surface area contributed by atoms with Crippen molar-refractivity contribution in [2.24, 2.45) is 0 Å². The summed E-state index contributed by atoms with van der Waals surface area (Å²) in [5.41, 5.74) is 5.37. The fourth-order valence-corrected chi connectivity index (χ4v) is 3.54. The van der Waals surface area contributed by atoms with Crippen LogP contribution in [0.2, 0.25) is 0 Å². The van der Waals surface area contributed by atoms with Crippen molar-refractivity contribution in [3.8, 4) is 0 Å². The van der Waals surface area contributed by atoms with Crippen molar-refractivity contribution >= 4 is 35.0 Å². The van der Waals surface area contributed by atoms with E-state index in [1.165, 1.54) is 18.2 Å². The lowest BCUT2D eigenvalue weighted by Crippen LogP contribution is -2.42. The Morgan fingerprint density at radius 2 is 1.75 bits per heavy atom. The van der Waals surface area contributed by atoms with E-state index in [-0.39, 0.29) is 23.4 Å². The van der Waals surface area contributed by atoms with Gasteiger partial charge in [0, 0.05) is 11.8 Å². The third kappa shape index (κ3) is 6.09. The van der Waals surface area contributed by atoms with E-state index in [9.17, 15) is 14.3 Å². The number of aryl methyl sites for hydroxylation is 2. The molecule has 0 saturated heterocycles. The smallest absolute Gasteiger partial charge is 0.250 e. The average molecular weight is 449 g/mol. The van der Waals surface area contributed by atoms with Crippen LogP contribution in [0.25, 0.3) is 6.08 Å². The van der Waals surface area contributed by atoms with Gasteiger partial charge in [0.2, 0.25) is 5.91 Å². The van der Waals surface area contributed by atoms with E-state index in [2.05, 4.69) is 5.32 Å². The highest BCUT2D eigenvalue weighted by molar-refractivity contribution is 7.80. The standard InChI is InChI=1S/C26H25FN2O2S/c1-18-7-8-19(2)24(15-18)29(16-21-5-3-4-6-22(21)17-30)26(32)28-25(31)14-11-20-9-12-23(27)13-10-20/h3-15,30H,16-17H2,1-2H3,(H,28,31,32)/b14-11+. The van der Waals surface area contributed by atoms with E-state index in [0.29, 0.717) is 12.1 Å². The molecular formula is C26H25FN2O2S. The summed E-state index contributed by atoms with van der Waals surface area (Å²) in [5.74, 6) is -0.717. The van der Waals surface area contributed by atoms with Crippen molar-refractivity contribution < 1.29 is 14.3 Å². The molecule has 0 aliphatic heterocycles. The maximum Gasteiger partial charge on any atom is 0.250 e. The minimum absolute atomic E-state index is 0.0870. The van der Waals surface area contributed by atoms with Gasteiger partial charge in [-0.15, -0.1) is 0 Å². The van der Waals surface area contributed by atoms with Gasteiger partial charge in [0.1, 0.15) is 5.82 Å². The Labute approximate surface area is 193 Å². The summed E-state index contributed by atoms with van der Waals surface area (Å²) < 4.78 is 13.1. The van der Waals surface area contributed by atoms with Crippen LogP contribution in [0, 0.1) is 19.7 Å². The second-order valence-corrected chi connectivity index (χ2v) is 7.87. The number of hydrogen-bond donors (Lipinski definition) is 2. The molecule has 0 bridgehead atoms. The van der Waals surface area contributed by atoms with E-state index in [1.807, 2.05) is 61.2 Å². The van der Waals surface area contributed by atoms with Crippen molar-refractivity contribution in [3.63, 3.8) is 0 Å². The zero-order chi connectivity index (χ0) is 23.1. The molecule has 2 N–H and O–H groups in total. The molecule has 0 heterocycles. The minimum Gasteiger partial charge on any atom is -0.392 e. The molecule has 1 amide bonds. The summed E-state index contributed by atoms with van der Waals surface area (Å²) in [7, 11) is 0. The van der Waals surface area contributed by atoms with Gasteiger partial charge in [-0.25, -0.2) is 4.39 Å². The van der Waals surface area contributed by atoms with Crippen LogP contribution in [0.5, 0.6) is 0 Å². The maximum atomic E-state index is 13.1. The molecule has 3 aromatic carbocycles. The molecule has 4 nitrogen and oxygen atoms in total. The lowest BCUT2D eigenvalue weighted by Gasteiger charge is -2.28. The fraction of sp³-hybridized carbons (Fsp3) is 0.154. The van der Waals surface area contributed by atoms with Crippen LogP contribution in [-0.4, -0.2) is 16.1 Å². The number of rotatable bonds is 6. The van der Waals surface area contributed by atoms with Crippen LogP contribution in [0.1, 0.15) is 27.8 Å². The van der Waals surface area contributed by atoms with Crippen LogP contribution in [0.3, 0.4) is 0 Å². The lowest BCUT2D eigenvalue weighted by atomic mass is 10.1. The number of anilines is 1. The molecule has 164 valence electrons. The molecule has 0 aliphatic rings. The molecule has 3 aromatic rings. The van der Waals surface area contributed by atoms with Gasteiger partial charge in [-0.3, -0.25) is 10.1 Å². The van der Waals surface area contributed by atoms with E-state index in [1.54, 1.807) is 18.2 Å². The monoisotopic (exact) mass is 448 g/mol. The number of aliphatic hydroxyl groups is 1. The summed E-state index contributed by atoms with van der Waals surface area (Å²) in [5, 5.41) is 12.7. The zero-order valence-electron chi connectivity index (χ0n) is 18.0. The zero-order valence-corrected chi connectivity index (χ0v) is 18.8. The minimum atomic E-state index is -0.384. The molecule has 0 radical (unpaired) electrons. The first-order valence-electron chi connectivity index (χ1n) is 10.2. The lowest BCUT2D eigenvalue weighted by molar-refractivity contribution is -0.115. The van der Waals surface area contributed by atoms with E-state index < -0.39 is 0 Å². The molecule has 3 rings (SSSR count). The van der Waals surface area contributed by atoms with Gasteiger partial charge in [0.15, 0.2) is 5.11 Å². The van der Waals surface area contributed by atoms with Crippen LogP contribution in [-0.2, 0) is 17.9 Å². The first-order valence-corrected chi connectivity index (χ1v) is 10.6. The molecule has 0 spiro atoms. The molecule has 0 unspecified atom stereocenters. The van der Waals surface area contributed by atoms with Gasteiger partial charge >= 0.3 is 0 Å². The summed E-state index contributed by atoms with van der Waals surface area (Å²) >= 11 is 5.61. The van der Waals surface area contributed by atoms with Gasteiger partial charge in [0.05, 0.1) is 13.2 Å². The van der Waals surface area contributed by atoms with Crippen molar-refractivity contribution in [2.75, 3.05) is 4.90 Å². The van der Waals surface area contributed by atoms with E-state index >= 15 is 0 Å². The van der Waals surface area contributed by atoms with Crippen LogP contribution in [0.4, 0.5) is 10.1 Å². The predicted octanol–water partition coefficient (Wildman–Crippen LogP) is 5.06. The molecule has 0 atom stereocenters. The molecule has 0 aromatic heterocycles. The van der Waals surface area contributed by atoms with Gasteiger partial charge < -0.3 is 10.0 Å². The first kappa shape index (κ1) is 23.3. The number of thiocarbonyl (C=S) groups is 1. The topological polar surface area (TPSA) is 52.6 Å². The number of carbonyl (C=O) groups excluding carboxylic acids is 1. The highest BCUT2D eigenvalue weighted by Gasteiger charge is 2.18. The Morgan fingerprint density at radius 1 is 1.06 bits per heavy atom. The number of nitrogens with zero attached hydrogens (tertiary/aromatic N) is 1. The Morgan fingerprint density at radius 3 is 2.44 bits per heavy atom. The van der Waals surface area contributed by atoms with Crippen molar-refractivity contribution in [1.82, 2.24) is 5.32 Å². The Hall–Kier alpha value is -3.35. The quantitative estimate of drug-likeness (QED) is 0.409. The molecule has 0 fully saturated rings. The van der Waals surface area contributed by atoms with Crippen molar-refractivity contribution in [1.29, 1.82) is 0 Å². The highest BCUT2D eigenvalue weighted by atomic mass is 32.1. The van der Waals surface area contributed by atoms with Gasteiger partial charge in [-0.2, -0.15) is 0 Å². The summed E-state index contributed by atoms with van der Waals surface area (Å²) in [6, 6.07) is 19.5. The second kappa shape index (κ2) is 10.8. The Kier molecular flexibility index (Phi) is 7.87. The van der Waals surface area contributed by atoms with Gasteiger partial charge in [-0.05, 0) is 78.2 Å².